The molecule has 0 aromatic heterocycles. The van der Waals surface area contributed by atoms with Gasteiger partial charge in [-0.3, -0.25) is 0 Å². The van der Waals surface area contributed by atoms with Crippen LogP contribution < -0.4 is 9.47 Å². The first-order chi connectivity index (χ1) is 10.6. The highest BCUT2D eigenvalue weighted by Crippen LogP contribution is 2.22. The summed E-state index contributed by atoms with van der Waals surface area (Å²) in [5, 5.41) is 12.2. The molecule has 0 aliphatic carbocycles. The van der Waals surface area contributed by atoms with Gasteiger partial charge < -0.3 is 14.7 Å². The normalized spacial score (nSPS) is 10.9. The number of nitrogens with zero attached hydrogens (tertiary/aromatic N) is 1. The van der Waals surface area contributed by atoms with Crippen LogP contribution in [0, 0.1) is 13.8 Å². The van der Waals surface area contributed by atoms with Crippen LogP contribution in [0.5, 0.6) is 11.5 Å². The number of aryl methyl sites for hydroxylation is 1. The van der Waals surface area contributed by atoms with E-state index in [9.17, 15) is 0 Å². The zero-order valence-electron chi connectivity index (χ0n) is 12.5. The number of halogens is 1. The Hall–Kier alpha value is -2.20. The first kappa shape index (κ1) is 16.2. The summed E-state index contributed by atoms with van der Waals surface area (Å²) in [5.41, 5.74) is 2.93. The molecule has 2 rings (SSSR count). The van der Waals surface area contributed by atoms with Gasteiger partial charge in [0.1, 0.15) is 24.7 Å². The van der Waals surface area contributed by atoms with Crippen LogP contribution in [0.2, 0.25) is 5.02 Å². The minimum Gasteiger partial charge on any atom is -0.490 e. The van der Waals surface area contributed by atoms with E-state index in [0.717, 1.165) is 11.3 Å². The van der Waals surface area contributed by atoms with Crippen molar-refractivity contribution in [2.75, 3.05) is 13.2 Å². The smallest absolute Gasteiger partial charge is 0.128 e. The zero-order chi connectivity index (χ0) is 15.9. The van der Waals surface area contributed by atoms with E-state index in [-0.39, 0.29) is 0 Å². The van der Waals surface area contributed by atoms with Crippen molar-refractivity contribution >= 4 is 17.8 Å². The molecule has 1 N–H and O–H groups in total. The van der Waals surface area contributed by atoms with Gasteiger partial charge in [-0.05, 0) is 49.2 Å². The molecule has 2 aromatic carbocycles. The molecule has 5 heteroatoms. The topological polar surface area (TPSA) is 51.0 Å². The lowest BCUT2D eigenvalue weighted by atomic mass is 10.1. The summed E-state index contributed by atoms with van der Waals surface area (Å²) in [6.07, 6.45) is 1.28. The van der Waals surface area contributed by atoms with Crippen LogP contribution in [0.15, 0.2) is 41.6 Å². The molecular weight excluding hydrogens is 302 g/mol. The summed E-state index contributed by atoms with van der Waals surface area (Å²) in [5.74, 6) is 1.45. The van der Waals surface area contributed by atoms with E-state index in [4.69, 9.17) is 26.3 Å². The maximum Gasteiger partial charge on any atom is 0.128 e. The van der Waals surface area contributed by atoms with Gasteiger partial charge in [-0.2, -0.15) is 0 Å². The average molecular weight is 320 g/mol. The summed E-state index contributed by atoms with van der Waals surface area (Å²) < 4.78 is 11.4. The molecule has 4 nitrogen and oxygen atoms in total. The zero-order valence-corrected chi connectivity index (χ0v) is 13.3. The van der Waals surface area contributed by atoms with Crippen molar-refractivity contribution in [3.05, 3.63) is 58.1 Å². The Balaban J connectivity index is 1.93. The molecule has 0 atom stereocenters. The number of hydrogen-bond acceptors (Lipinski definition) is 4. The Labute approximate surface area is 134 Å². The Morgan fingerprint density at radius 1 is 1.09 bits per heavy atom. The SMILES string of the molecule is Cc1cccc(OCCOc2ccc(Cl)cc2/C=N/O)c1C. The lowest BCUT2D eigenvalue weighted by Crippen LogP contribution is -2.10. The molecule has 0 heterocycles. The number of rotatable bonds is 6. The van der Waals surface area contributed by atoms with Gasteiger partial charge in [-0.25, -0.2) is 0 Å². The summed E-state index contributed by atoms with van der Waals surface area (Å²) in [7, 11) is 0. The molecule has 22 heavy (non-hydrogen) atoms. The molecule has 0 spiro atoms. The predicted molar refractivity (Wildman–Crippen MR) is 87.7 cm³/mol. The van der Waals surface area contributed by atoms with Gasteiger partial charge in [-0.15, -0.1) is 0 Å². The molecule has 0 fully saturated rings. The van der Waals surface area contributed by atoms with Gasteiger partial charge in [0.2, 0.25) is 0 Å². The van der Waals surface area contributed by atoms with Crippen LogP contribution >= 0.6 is 11.6 Å². The monoisotopic (exact) mass is 319 g/mol. The van der Waals surface area contributed by atoms with E-state index in [1.165, 1.54) is 11.8 Å². The fourth-order valence-corrected chi connectivity index (χ4v) is 2.18. The minimum atomic E-state index is 0.376. The third kappa shape index (κ3) is 4.15. The summed E-state index contributed by atoms with van der Waals surface area (Å²) in [4.78, 5) is 0. The second kappa shape index (κ2) is 7.71. The van der Waals surface area contributed by atoms with E-state index in [1.807, 2.05) is 32.0 Å². The third-order valence-corrected chi connectivity index (χ3v) is 3.56. The van der Waals surface area contributed by atoms with Gasteiger partial charge in [0.15, 0.2) is 0 Å². The van der Waals surface area contributed by atoms with Crippen molar-refractivity contribution in [3.8, 4) is 11.5 Å². The van der Waals surface area contributed by atoms with Crippen LogP contribution in [-0.2, 0) is 0 Å². The van der Waals surface area contributed by atoms with E-state index in [2.05, 4.69) is 5.16 Å². The fourth-order valence-electron chi connectivity index (χ4n) is 2.00. The summed E-state index contributed by atoms with van der Waals surface area (Å²) in [6, 6.07) is 11.1. The fraction of sp³-hybridized carbons (Fsp3) is 0.235. The second-order valence-electron chi connectivity index (χ2n) is 4.82. The number of hydrogen-bond donors (Lipinski definition) is 1. The minimum absolute atomic E-state index is 0.376. The van der Waals surface area contributed by atoms with E-state index in [1.54, 1.807) is 18.2 Å². The molecule has 116 valence electrons. The lowest BCUT2D eigenvalue weighted by Gasteiger charge is -2.12. The van der Waals surface area contributed by atoms with E-state index in [0.29, 0.717) is 29.5 Å². The molecule has 0 bridgehead atoms. The third-order valence-electron chi connectivity index (χ3n) is 3.32. The Morgan fingerprint density at radius 2 is 1.82 bits per heavy atom. The van der Waals surface area contributed by atoms with E-state index < -0.39 is 0 Å². The molecule has 2 aromatic rings. The second-order valence-corrected chi connectivity index (χ2v) is 5.26. The van der Waals surface area contributed by atoms with E-state index >= 15 is 0 Å². The molecule has 0 unspecified atom stereocenters. The lowest BCUT2D eigenvalue weighted by molar-refractivity contribution is 0.216. The molecular formula is C17H18ClNO3. The first-order valence-electron chi connectivity index (χ1n) is 6.90. The van der Waals surface area contributed by atoms with Gasteiger partial charge >= 0.3 is 0 Å². The predicted octanol–water partition coefficient (Wildman–Crippen LogP) is 4.22. The first-order valence-corrected chi connectivity index (χ1v) is 7.28. The Morgan fingerprint density at radius 3 is 2.55 bits per heavy atom. The van der Waals surface area contributed by atoms with Gasteiger partial charge in [0.05, 0.1) is 6.21 Å². The number of benzene rings is 2. The van der Waals surface area contributed by atoms with Crippen molar-refractivity contribution in [2.45, 2.75) is 13.8 Å². The molecule has 0 aliphatic rings. The molecule has 0 radical (unpaired) electrons. The highest BCUT2D eigenvalue weighted by atomic mass is 35.5. The van der Waals surface area contributed by atoms with Crippen LogP contribution in [-0.4, -0.2) is 24.6 Å². The van der Waals surface area contributed by atoms with Crippen molar-refractivity contribution in [1.82, 2.24) is 0 Å². The maximum absolute atomic E-state index is 8.66. The van der Waals surface area contributed by atoms with Gasteiger partial charge in [0.25, 0.3) is 0 Å². The van der Waals surface area contributed by atoms with Crippen LogP contribution in [0.1, 0.15) is 16.7 Å². The summed E-state index contributed by atoms with van der Waals surface area (Å²) in [6.45, 7) is 4.87. The highest BCUT2D eigenvalue weighted by molar-refractivity contribution is 6.30. The number of ether oxygens (including phenoxy) is 2. The quantitative estimate of drug-likeness (QED) is 0.375. The van der Waals surface area contributed by atoms with Crippen molar-refractivity contribution < 1.29 is 14.7 Å². The number of oxime groups is 1. The molecule has 0 aliphatic heterocycles. The van der Waals surface area contributed by atoms with Crippen LogP contribution in [0.25, 0.3) is 0 Å². The average Bonchev–Trinajstić information content (AvgIpc) is 2.50. The van der Waals surface area contributed by atoms with Gasteiger partial charge in [-0.1, -0.05) is 28.9 Å². The molecule has 0 amide bonds. The standard InChI is InChI=1S/C17H18ClNO3/c1-12-4-3-5-16(13(12)2)21-8-9-22-17-7-6-15(18)10-14(17)11-19-20/h3-7,10-11,20H,8-9H2,1-2H3/b19-11+. The van der Waals surface area contributed by atoms with Crippen molar-refractivity contribution in [1.29, 1.82) is 0 Å². The summed E-state index contributed by atoms with van der Waals surface area (Å²) >= 11 is 5.90. The Kier molecular flexibility index (Phi) is 5.67. The van der Waals surface area contributed by atoms with Gasteiger partial charge in [0, 0.05) is 10.6 Å². The van der Waals surface area contributed by atoms with Crippen LogP contribution in [0.4, 0.5) is 0 Å². The molecule has 0 saturated heterocycles. The van der Waals surface area contributed by atoms with Crippen molar-refractivity contribution in [2.24, 2.45) is 5.16 Å². The maximum atomic E-state index is 8.66. The highest BCUT2D eigenvalue weighted by Gasteiger charge is 2.05. The van der Waals surface area contributed by atoms with Crippen molar-refractivity contribution in [3.63, 3.8) is 0 Å². The molecule has 0 saturated carbocycles. The Bertz CT molecular complexity index is 671. The van der Waals surface area contributed by atoms with Crippen LogP contribution in [0.3, 0.4) is 0 Å². The largest absolute Gasteiger partial charge is 0.490 e.